The molecule has 19 heavy (non-hydrogen) atoms. The second-order valence-corrected chi connectivity index (χ2v) is 6.37. The smallest absolute Gasteiger partial charge is 0.0360 e. The van der Waals surface area contributed by atoms with Crippen molar-refractivity contribution in [2.24, 2.45) is 11.7 Å². The summed E-state index contributed by atoms with van der Waals surface area (Å²) < 4.78 is 0. The van der Waals surface area contributed by atoms with Crippen molar-refractivity contribution in [2.75, 3.05) is 14.1 Å². The van der Waals surface area contributed by atoms with Crippen LogP contribution in [0.1, 0.15) is 38.2 Å². The van der Waals surface area contributed by atoms with Crippen LogP contribution >= 0.6 is 0 Å². The van der Waals surface area contributed by atoms with E-state index >= 15 is 0 Å². The van der Waals surface area contributed by atoms with Gasteiger partial charge in [-0.2, -0.15) is 0 Å². The van der Waals surface area contributed by atoms with Crippen LogP contribution in [0.4, 0.5) is 0 Å². The molecule has 1 aromatic heterocycles. The van der Waals surface area contributed by atoms with Gasteiger partial charge < -0.3 is 10.6 Å². The fourth-order valence-electron chi connectivity index (χ4n) is 3.60. The van der Waals surface area contributed by atoms with E-state index < -0.39 is 0 Å². The second kappa shape index (κ2) is 6.02. The van der Waals surface area contributed by atoms with Gasteiger partial charge in [0.15, 0.2) is 0 Å². The number of aromatic nitrogens is 1. The van der Waals surface area contributed by atoms with Gasteiger partial charge in [0, 0.05) is 24.0 Å². The quantitative estimate of drug-likeness (QED) is 0.905. The number of likely N-dealkylation sites (N-methyl/N-ethyl adjacent to an activating group) is 1. The molecule has 0 saturated heterocycles. The van der Waals surface area contributed by atoms with Crippen molar-refractivity contribution in [1.29, 1.82) is 0 Å². The van der Waals surface area contributed by atoms with Crippen molar-refractivity contribution in [3.8, 4) is 0 Å². The summed E-state index contributed by atoms with van der Waals surface area (Å²) in [6, 6.07) is 4.30. The third-order valence-electron chi connectivity index (χ3n) is 4.77. The minimum atomic E-state index is 0.146. The van der Waals surface area contributed by atoms with E-state index in [4.69, 9.17) is 5.73 Å². The monoisotopic (exact) mass is 261 g/mol. The average Bonchev–Trinajstić information content (AvgIpc) is 2.39. The van der Waals surface area contributed by atoms with E-state index in [2.05, 4.69) is 37.0 Å². The molecule has 3 atom stereocenters. The maximum Gasteiger partial charge on any atom is 0.0360 e. The van der Waals surface area contributed by atoms with Crippen molar-refractivity contribution in [2.45, 2.75) is 50.6 Å². The molecule has 106 valence electrons. The highest BCUT2D eigenvalue weighted by Crippen LogP contribution is 2.38. The Balaban J connectivity index is 2.14. The Bertz CT molecular complexity index is 390. The van der Waals surface area contributed by atoms with Gasteiger partial charge in [0.25, 0.3) is 0 Å². The number of rotatable bonds is 4. The van der Waals surface area contributed by atoms with Gasteiger partial charge in [-0.15, -0.1) is 0 Å². The Morgan fingerprint density at radius 1 is 1.53 bits per heavy atom. The van der Waals surface area contributed by atoms with E-state index in [1.807, 2.05) is 18.5 Å². The summed E-state index contributed by atoms with van der Waals surface area (Å²) in [6.07, 6.45) is 9.73. The van der Waals surface area contributed by atoms with Gasteiger partial charge in [-0.25, -0.2) is 0 Å². The summed E-state index contributed by atoms with van der Waals surface area (Å²) in [4.78, 5) is 6.56. The van der Waals surface area contributed by atoms with E-state index in [0.29, 0.717) is 0 Å². The van der Waals surface area contributed by atoms with Crippen molar-refractivity contribution >= 4 is 0 Å². The van der Waals surface area contributed by atoms with Gasteiger partial charge >= 0.3 is 0 Å². The van der Waals surface area contributed by atoms with E-state index in [0.717, 1.165) is 12.3 Å². The van der Waals surface area contributed by atoms with Gasteiger partial charge in [-0.3, -0.25) is 4.98 Å². The molecule has 1 saturated carbocycles. The molecule has 0 aromatic carbocycles. The third kappa shape index (κ3) is 3.15. The highest BCUT2D eigenvalue weighted by atomic mass is 15.2. The number of pyridine rings is 1. The number of hydrogen-bond acceptors (Lipinski definition) is 3. The minimum Gasteiger partial charge on any atom is -0.326 e. The SMILES string of the molecule is CC1CCCC(C(N)Cc2cccnc2)(N(C)C)C1. The number of hydrogen-bond donors (Lipinski definition) is 1. The molecule has 3 unspecified atom stereocenters. The molecule has 0 aliphatic heterocycles. The Labute approximate surface area is 117 Å². The second-order valence-electron chi connectivity index (χ2n) is 6.37. The van der Waals surface area contributed by atoms with Crippen LogP contribution in [0.3, 0.4) is 0 Å². The first-order valence-electron chi connectivity index (χ1n) is 7.36. The third-order valence-corrected chi connectivity index (χ3v) is 4.77. The van der Waals surface area contributed by atoms with Crippen molar-refractivity contribution in [3.63, 3.8) is 0 Å². The molecule has 2 rings (SSSR count). The molecule has 1 aliphatic rings. The molecule has 3 heteroatoms. The molecular weight excluding hydrogens is 234 g/mol. The predicted octanol–water partition coefficient (Wildman–Crippen LogP) is 2.46. The molecule has 0 radical (unpaired) electrons. The summed E-state index contributed by atoms with van der Waals surface area (Å²) >= 11 is 0. The molecular formula is C16H27N3. The Morgan fingerprint density at radius 3 is 2.89 bits per heavy atom. The number of nitrogens with two attached hydrogens (primary N) is 1. The molecule has 3 nitrogen and oxygen atoms in total. The topological polar surface area (TPSA) is 42.1 Å². The van der Waals surface area contributed by atoms with E-state index in [-0.39, 0.29) is 11.6 Å². The summed E-state index contributed by atoms with van der Waals surface area (Å²) in [6.45, 7) is 2.36. The highest BCUT2D eigenvalue weighted by molar-refractivity contribution is 5.13. The molecule has 1 heterocycles. The first-order chi connectivity index (χ1) is 9.04. The van der Waals surface area contributed by atoms with Crippen LogP contribution in [0.2, 0.25) is 0 Å². The molecule has 0 spiro atoms. The van der Waals surface area contributed by atoms with Gasteiger partial charge in [0.1, 0.15) is 0 Å². The standard InChI is InChI=1S/C16H27N3/c1-13-6-4-8-16(11-13,19(2)3)15(17)10-14-7-5-9-18-12-14/h5,7,9,12-13,15H,4,6,8,10-11,17H2,1-3H3. The van der Waals surface area contributed by atoms with Gasteiger partial charge in [-0.1, -0.05) is 25.8 Å². The number of nitrogens with zero attached hydrogens (tertiary/aromatic N) is 2. The summed E-state index contributed by atoms with van der Waals surface area (Å²) in [7, 11) is 4.36. The van der Waals surface area contributed by atoms with E-state index in [1.54, 1.807) is 0 Å². The van der Waals surface area contributed by atoms with Crippen LogP contribution in [0.5, 0.6) is 0 Å². The predicted molar refractivity (Wildman–Crippen MR) is 80.0 cm³/mol. The van der Waals surface area contributed by atoms with Crippen molar-refractivity contribution < 1.29 is 0 Å². The van der Waals surface area contributed by atoms with Crippen LogP contribution in [0, 0.1) is 5.92 Å². The van der Waals surface area contributed by atoms with Gasteiger partial charge in [0.2, 0.25) is 0 Å². The minimum absolute atomic E-state index is 0.146. The maximum absolute atomic E-state index is 6.61. The lowest BCUT2D eigenvalue weighted by Gasteiger charge is -2.49. The summed E-state index contributed by atoms with van der Waals surface area (Å²) in [5.74, 6) is 0.774. The normalized spacial score (nSPS) is 29.4. The Kier molecular flexibility index (Phi) is 4.58. The van der Waals surface area contributed by atoms with Gasteiger partial charge in [0.05, 0.1) is 0 Å². The maximum atomic E-state index is 6.61. The zero-order chi connectivity index (χ0) is 13.9. The van der Waals surface area contributed by atoms with E-state index in [1.165, 1.54) is 31.2 Å². The van der Waals surface area contributed by atoms with Gasteiger partial charge in [-0.05, 0) is 50.9 Å². The Morgan fingerprint density at radius 2 is 2.32 bits per heavy atom. The largest absolute Gasteiger partial charge is 0.326 e. The van der Waals surface area contributed by atoms with Crippen LogP contribution in [-0.4, -0.2) is 35.6 Å². The van der Waals surface area contributed by atoms with Crippen molar-refractivity contribution in [1.82, 2.24) is 9.88 Å². The lowest BCUT2D eigenvalue weighted by molar-refractivity contribution is 0.0504. The molecule has 1 fully saturated rings. The summed E-state index contributed by atoms with van der Waals surface area (Å²) in [5, 5.41) is 0. The molecule has 1 aliphatic carbocycles. The van der Waals surface area contributed by atoms with Crippen LogP contribution in [0.25, 0.3) is 0 Å². The zero-order valence-corrected chi connectivity index (χ0v) is 12.5. The summed E-state index contributed by atoms with van der Waals surface area (Å²) in [5.41, 5.74) is 8.00. The average molecular weight is 261 g/mol. The molecule has 0 amide bonds. The molecule has 1 aromatic rings. The first-order valence-corrected chi connectivity index (χ1v) is 7.36. The Hall–Kier alpha value is -0.930. The fraction of sp³-hybridized carbons (Fsp3) is 0.688. The van der Waals surface area contributed by atoms with Crippen LogP contribution in [0.15, 0.2) is 24.5 Å². The molecule has 0 bridgehead atoms. The molecule has 2 N–H and O–H groups in total. The van der Waals surface area contributed by atoms with E-state index in [9.17, 15) is 0 Å². The lowest BCUT2D eigenvalue weighted by atomic mass is 9.70. The van der Waals surface area contributed by atoms with Crippen molar-refractivity contribution in [3.05, 3.63) is 30.1 Å². The van der Waals surface area contributed by atoms with Crippen LogP contribution in [-0.2, 0) is 6.42 Å². The first kappa shape index (κ1) is 14.5. The fourth-order valence-corrected chi connectivity index (χ4v) is 3.60. The highest BCUT2D eigenvalue weighted by Gasteiger charge is 2.41. The zero-order valence-electron chi connectivity index (χ0n) is 12.5. The lowest BCUT2D eigenvalue weighted by Crippen LogP contribution is -2.60. The van der Waals surface area contributed by atoms with Crippen LogP contribution < -0.4 is 5.73 Å².